The second kappa shape index (κ2) is 10.1. The van der Waals surface area contributed by atoms with Crippen LogP contribution in [-0.2, 0) is 21.2 Å². The first-order chi connectivity index (χ1) is 14.8. The number of hydrogen-bond donors (Lipinski definition) is 1. The summed E-state index contributed by atoms with van der Waals surface area (Å²) in [5.41, 5.74) is 3.67. The van der Waals surface area contributed by atoms with Crippen LogP contribution in [0.15, 0.2) is 77.7 Å². The number of amides is 1. The fourth-order valence-corrected chi connectivity index (χ4v) is 4.70. The number of anilines is 1. The highest BCUT2D eigenvalue weighted by Crippen LogP contribution is 2.21. The van der Waals surface area contributed by atoms with E-state index < -0.39 is 10.0 Å². The minimum absolute atomic E-state index is 0.101. The monoisotopic (exact) mass is 456 g/mol. The van der Waals surface area contributed by atoms with E-state index in [1.165, 1.54) is 28.6 Å². The topological polar surface area (TPSA) is 66.5 Å². The summed E-state index contributed by atoms with van der Waals surface area (Å²) in [7, 11) is -3.88. The van der Waals surface area contributed by atoms with E-state index >= 15 is 0 Å². The van der Waals surface area contributed by atoms with Gasteiger partial charge in [0.2, 0.25) is 15.9 Å². The number of halogens is 1. The van der Waals surface area contributed by atoms with Crippen LogP contribution in [0.5, 0.6) is 0 Å². The molecule has 0 aliphatic heterocycles. The van der Waals surface area contributed by atoms with Gasteiger partial charge in [-0.2, -0.15) is 4.31 Å². The van der Waals surface area contributed by atoms with Crippen molar-refractivity contribution in [3.8, 4) is 0 Å². The first-order valence-electron chi connectivity index (χ1n) is 9.93. The van der Waals surface area contributed by atoms with Crippen LogP contribution in [0, 0.1) is 13.8 Å². The average molecular weight is 457 g/mol. The Morgan fingerprint density at radius 3 is 2.29 bits per heavy atom. The molecule has 0 fully saturated rings. The Bertz CT molecular complexity index is 1150. The summed E-state index contributed by atoms with van der Waals surface area (Å²) in [5.74, 6) is -0.390. The number of nitrogens with one attached hydrogen (secondary N) is 1. The molecular formula is C24H25ClN2O3S. The van der Waals surface area contributed by atoms with Crippen LogP contribution in [-0.4, -0.2) is 31.7 Å². The van der Waals surface area contributed by atoms with E-state index in [1.807, 2.05) is 62.4 Å². The van der Waals surface area contributed by atoms with Crippen molar-refractivity contribution >= 4 is 33.2 Å². The lowest BCUT2D eigenvalue weighted by molar-refractivity contribution is -0.116. The zero-order chi connectivity index (χ0) is 22.4. The molecule has 5 nitrogen and oxygen atoms in total. The zero-order valence-electron chi connectivity index (χ0n) is 17.5. The maximum absolute atomic E-state index is 13.3. The lowest BCUT2D eigenvalue weighted by Crippen LogP contribution is -2.39. The third kappa shape index (κ3) is 5.94. The Labute approximate surface area is 188 Å². The van der Waals surface area contributed by atoms with Crippen molar-refractivity contribution in [1.82, 2.24) is 4.31 Å². The van der Waals surface area contributed by atoms with Crippen LogP contribution < -0.4 is 5.32 Å². The summed E-state index contributed by atoms with van der Waals surface area (Å²) in [4.78, 5) is 12.9. The minimum atomic E-state index is -3.88. The normalized spacial score (nSPS) is 11.5. The van der Waals surface area contributed by atoms with Gasteiger partial charge in [-0.15, -0.1) is 0 Å². The predicted molar refractivity (Wildman–Crippen MR) is 125 cm³/mol. The Hall–Kier alpha value is -2.67. The second-order valence-electron chi connectivity index (χ2n) is 7.32. The molecule has 0 radical (unpaired) electrons. The van der Waals surface area contributed by atoms with Crippen molar-refractivity contribution in [2.24, 2.45) is 0 Å². The van der Waals surface area contributed by atoms with Crippen LogP contribution >= 0.6 is 11.6 Å². The standard InChI is InChI=1S/C24H25ClN2O3S/c1-18-7-6-10-23(19(18)2)26-24(28)17-27(16-15-20-8-4-3-5-9-20)31(29,30)22-13-11-21(25)12-14-22/h3-14H,15-17H2,1-2H3,(H,26,28). The van der Waals surface area contributed by atoms with Crippen LogP contribution in [0.4, 0.5) is 5.69 Å². The molecule has 0 spiro atoms. The SMILES string of the molecule is Cc1cccc(NC(=O)CN(CCc2ccccc2)S(=O)(=O)c2ccc(Cl)cc2)c1C. The summed E-state index contributed by atoms with van der Waals surface area (Å²) < 4.78 is 27.8. The van der Waals surface area contributed by atoms with E-state index in [-0.39, 0.29) is 23.9 Å². The molecule has 0 bridgehead atoms. The van der Waals surface area contributed by atoms with Gasteiger partial charge in [-0.1, -0.05) is 54.1 Å². The molecule has 0 atom stereocenters. The number of carbonyl (C=O) groups is 1. The van der Waals surface area contributed by atoms with E-state index in [2.05, 4.69) is 5.32 Å². The fraction of sp³-hybridized carbons (Fsp3) is 0.208. The molecule has 0 unspecified atom stereocenters. The van der Waals surface area contributed by atoms with Gasteiger partial charge in [-0.05, 0) is 67.3 Å². The van der Waals surface area contributed by atoms with Gasteiger partial charge < -0.3 is 5.32 Å². The molecule has 0 aliphatic rings. The number of nitrogens with zero attached hydrogens (tertiary/aromatic N) is 1. The molecule has 3 rings (SSSR count). The molecule has 1 N–H and O–H groups in total. The van der Waals surface area contributed by atoms with Gasteiger partial charge in [-0.25, -0.2) is 8.42 Å². The third-order valence-corrected chi connectivity index (χ3v) is 7.25. The molecule has 31 heavy (non-hydrogen) atoms. The smallest absolute Gasteiger partial charge is 0.243 e. The van der Waals surface area contributed by atoms with Crippen molar-refractivity contribution in [3.63, 3.8) is 0 Å². The maximum Gasteiger partial charge on any atom is 0.243 e. The van der Waals surface area contributed by atoms with Gasteiger partial charge in [0.05, 0.1) is 11.4 Å². The summed E-state index contributed by atoms with van der Waals surface area (Å²) >= 11 is 5.91. The van der Waals surface area contributed by atoms with Crippen molar-refractivity contribution in [2.45, 2.75) is 25.2 Å². The van der Waals surface area contributed by atoms with Gasteiger partial charge in [0.1, 0.15) is 0 Å². The Morgan fingerprint density at radius 1 is 0.935 bits per heavy atom. The Kier molecular flexibility index (Phi) is 7.49. The molecular weight excluding hydrogens is 432 g/mol. The van der Waals surface area contributed by atoms with Crippen molar-refractivity contribution in [2.75, 3.05) is 18.4 Å². The van der Waals surface area contributed by atoms with Crippen molar-refractivity contribution in [1.29, 1.82) is 0 Å². The quantitative estimate of drug-likeness (QED) is 0.528. The molecule has 3 aromatic rings. The third-order valence-electron chi connectivity index (χ3n) is 5.14. The second-order valence-corrected chi connectivity index (χ2v) is 9.70. The molecule has 0 aliphatic carbocycles. The molecule has 0 saturated heterocycles. The average Bonchev–Trinajstić information content (AvgIpc) is 2.75. The van der Waals surface area contributed by atoms with Gasteiger partial charge >= 0.3 is 0 Å². The van der Waals surface area contributed by atoms with Crippen LogP contribution in [0.3, 0.4) is 0 Å². The van der Waals surface area contributed by atoms with Crippen molar-refractivity contribution in [3.05, 3.63) is 94.5 Å². The van der Waals surface area contributed by atoms with Gasteiger partial charge in [0.15, 0.2) is 0 Å². The Morgan fingerprint density at radius 2 is 1.61 bits per heavy atom. The molecule has 162 valence electrons. The number of rotatable bonds is 8. The lowest BCUT2D eigenvalue weighted by atomic mass is 10.1. The number of benzene rings is 3. The van der Waals surface area contributed by atoms with Gasteiger partial charge in [0, 0.05) is 17.3 Å². The zero-order valence-corrected chi connectivity index (χ0v) is 19.1. The molecule has 0 saturated carbocycles. The highest BCUT2D eigenvalue weighted by molar-refractivity contribution is 7.89. The summed E-state index contributed by atoms with van der Waals surface area (Å²) in [5, 5.41) is 3.29. The maximum atomic E-state index is 13.3. The molecule has 1 amide bonds. The van der Waals surface area contributed by atoms with Crippen molar-refractivity contribution < 1.29 is 13.2 Å². The highest BCUT2D eigenvalue weighted by atomic mass is 35.5. The van der Waals surface area contributed by atoms with E-state index in [9.17, 15) is 13.2 Å². The van der Waals surface area contributed by atoms with E-state index in [0.717, 1.165) is 16.7 Å². The number of carbonyl (C=O) groups excluding carboxylic acids is 1. The van der Waals surface area contributed by atoms with Crippen LogP contribution in [0.2, 0.25) is 5.02 Å². The Balaban J connectivity index is 1.83. The fourth-order valence-electron chi connectivity index (χ4n) is 3.17. The summed E-state index contributed by atoms with van der Waals surface area (Å²) in [6.07, 6.45) is 0.490. The molecule has 7 heteroatoms. The highest BCUT2D eigenvalue weighted by Gasteiger charge is 2.26. The number of sulfonamides is 1. The molecule has 0 aromatic heterocycles. The first-order valence-corrected chi connectivity index (χ1v) is 11.7. The summed E-state index contributed by atoms with van der Waals surface area (Å²) in [6, 6.07) is 21.2. The van der Waals surface area contributed by atoms with Crippen LogP contribution in [0.25, 0.3) is 0 Å². The molecule has 0 heterocycles. The summed E-state index contributed by atoms with van der Waals surface area (Å²) in [6.45, 7) is 3.77. The van der Waals surface area contributed by atoms with E-state index in [0.29, 0.717) is 17.1 Å². The molecule has 3 aromatic carbocycles. The van der Waals surface area contributed by atoms with Gasteiger partial charge in [-0.3, -0.25) is 4.79 Å². The van der Waals surface area contributed by atoms with E-state index in [1.54, 1.807) is 0 Å². The van der Waals surface area contributed by atoms with E-state index in [4.69, 9.17) is 11.6 Å². The predicted octanol–water partition coefficient (Wildman–Crippen LogP) is 4.83. The first kappa shape index (κ1) is 23.0. The minimum Gasteiger partial charge on any atom is -0.325 e. The number of hydrogen-bond acceptors (Lipinski definition) is 3. The van der Waals surface area contributed by atoms with Crippen LogP contribution in [0.1, 0.15) is 16.7 Å². The lowest BCUT2D eigenvalue weighted by Gasteiger charge is -2.22. The number of aryl methyl sites for hydroxylation is 1. The largest absolute Gasteiger partial charge is 0.325 e. The van der Waals surface area contributed by atoms with Gasteiger partial charge in [0.25, 0.3) is 0 Å².